The smallest absolute Gasteiger partial charge is 0.227 e. The van der Waals surface area contributed by atoms with Gasteiger partial charge in [-0.05, 0) is 67.5 Å². The Kier molecular flexibility index (Phi) is 5.96. The Hall–Kier alpha value is -2.93. The van der Waals surface area contributed by atoms with Crippen LogP contribution in [-0.4, -0.2) is 45.5 Å². The van der Waals surface area contributed by atoms with Crippen LogP contribution in [0.3, 0.4) is 0 Å². The third kappa shape index (κ3) is 4.92. The lowest BCUT2D eigenvalue weighted by Gasteiger charge is -2.32. The van der Waals surface area contributed by atoms with Crippen molar-refractivity contribution in [3.63, 3.8) is 0 Å². The van der Waals surface area contributed by atoms with E-state index in [1.165, 1.54) is 29.5 Å². The molecule has 2 aliphatic rings. The number of piperazine rings is 1. The summed E-state index contributed by atoms with van der Waals surface area (Å²) in [6, 6.07) is 13.8. The Balaban J connectivity index is 1.30. The number of aromatic nitrogens is 3. The van der Waals surface area contributed by atoms with Crippen LogP contribution in [0.15, 0.2) is 48.8 Å². The maximum Gasteiger partial charge on any atom is 0.227 e. The third-order valence-electron chi connectivity index (χ3n) is 7.02. The van der Waals surface area contributed by atoms with Crippen molar-refractivity contribution in [1.82, 2.24) is 25.2 Å². The Morgan fingerprint density at radius 3 is 2.89 bits per heavy atom. The second kappa shape index (κ2) is 9.26. The third-order valence-corrected chi connectivity index (χ3v) is 7.29. The maximum atomic E-state index is 6.57. The number of H-pyrrole nitrogens is 1. The van der Waals surface area contributed by atoms with Crippen LogP contribution >= 0.6 is 11.6 Å². The van der Waals surface area contributed by atoms with Gasteiger partial charge in [-0.1, -0.05) is 29.8 Å². The molecule has 1 aliphatic heterocycles. The summed E-state index contributed by atoms with van der Waals surface area (Å²) >= 11 is 6.57. The number of hydrogen-bond acceptors (Lipinski definition) is 5. The predicted octanol–water partition coefficient (Wildman–Crippen LogP) is 6.00. The molecule has 1 unspecified atom stereocenters. The van der Waals surface area contributed by atoms with Gasteiger partial charge < -0.3 is 15.6 Å². The van der Waals surface area contributed by atoms with Crippen molar-refractivity contribution < 1.29 is 0 Å². The molecule has 180 valence electrons. The summed E-state index contributed by atoms with van der Waals surface area (Å²) in [6.45, 7) is 8.50. The van der Waals surface area contributed by atoms with E-state index in [0.717, 1.165) is 54.0 Å². The van der Waals surface area contributed by atoms with E-state index in [1.807, 2.05) is 6.20 Å². The van der Waals surface area contributed by atoms with Gasteiger partial charge in [-0.15, -0.1) is 0 Å². The van der Waals surface area contributed by atoms with E-state index >= 15 is 0 Å². The highest BCUT2D eigenvalue weighted by Gasteiger charge is 2.25. The molecule has 4 aromatic rings. The Bertz CT molecular complexity index is 1380. The molecule has 1 aliphatic carbocycles. The van der Waals surface area contributed by atoms with Crippen molar-refractivity contribution in [3.05, 3.63) is 70.5 Å². The largest absolute Gasteiger partial charge is 0.360 e. The average Bonchev–Trinajstić information content (AvgIpc) is 3.60. The van der Waals surface area contributed by atoms with Gasteiger partial charge in [-0.3, -0.25) is 4.90 Å². The quantitative estimate of drug-likeness (QED) is 0.312. The molecule has 1 saturated carbocycles. The van der Waals surface area contributed by atoms with E-state index < -0.39 is 0 Å². The van der Waals surface area contributed by atoms with E-state index in [9.17, 15) is 0 Å². The number of nitrogens with zero attached hydrogens (tertiary/aromatic N) is 3. The van der Waals surface area contributed by atoms with E-state index in [4.69, 9.17) is 16.6 Å². The molecule has 0 radical (unpaired) electrons. The molecule has 1 saturated heterocycles. The number of nitrogens with one attached hydrogen (secondary N) is 3. The topological polar surface area (TPSA) is 68.9 Å². The lowest BCUT2D eigenvalue weighted by atomic mass is 10.0. The second-order valence-electron chi connectivity index (χ2n) is 10.1. The molecule has 2 aromatic carbocycles. The van der Waals surface area contributed by atoms with Gasteiger partial charge >= 0.3 is 0 Å². The second-order valence-corrected chi connectivity index (χ2v) is 10.5. The van der Waals surface area contributed by atoms with Crippen LogP contribution in [0.5, 0.6) is 0 Å². The molecule has 3 heterocycles. The van der Waals surface area contributed by atoms with Crippen LogP contribution in [0.2, 0.25) is 5.02 Å². The molecule has 0 amide bonds. The minimum atomic E-state index is 0.530. The highest BCUT2D eigenvalue weighted by Crippen LogP contribution is 2.42. The van der Waals surface area contributed by atoms with Gasteiger partial charge in [-0.2, -0.15) is 0 Å². The Morgan fingerprint density at radius 2 is 2.06 bits per heavy atom. The van der Waals surface area contributed by atoms with Crippen LogP contribution in [0.25, 0.3) is 22.2 Å². The lowest BCUT2D eigenvalue weighted by molar-refractivity contribution is 0.199. The van der Waals surface area contributed by atoms with Crippen molar-refractivity contribution >= 4 is 34.1 Å². The number of hydrogen-bond donors (Lipinski definition) is 3. The van der Waals surface area contributed by atoms with Crippen molar-refractivity contribution in [2.24, 2.45) is 0 Å². The summed E-state index contributed by atoms with van der Waals surface area (Å²) in [5.41, 5.74) is 7.79. The summed E-state index contributed by atoms with van der Waals surface area (Å²) in [6.07, 6.45) is 6.21. The molecule has 1 atom stereocenters. The van der Waals surface area contributed by atoms with Gasteiger partial charge in [0.2, 0.25) is 5.95 Å². The number of aryl methyl sites for hydroxylation is 1. The van der Waals surface area contributed by atoms with Gasteiger partial charge in [0.1, 0.15) is 0 Å². The highest BCUT2D eigenvalue weighted by atomic mass is 35.5. The summed E-state index contributed by atoms with van der Waals surface area (Å²) in [7, 11) is 0. The molecular weight excluding hydrogens is 456 g/mol. The fourth-order valence-electron chi connectivity index (χ4n) is 5.13. The first-order chi connectivity index (χ1) is 17.0. The zero-order valence-electron chi connectivity index (χ0n) is 20.2. The van der Waals surface area contributed by atoms with Crippen molar-refractivity contribution in [1.29, 1.82) is 0 Å². The van der Waals surface area contributed by atoms with Crippen molar-refractivity contribution in [2.75, 3.05) is 25.0 Å². The minimum absolute atomic E-state index is 0.530. The minimum Gasteiger partial charge on any atom is -0.360 e. The van der Waals surface area contributed by atoms with Crippen LogP contribution in [-0.2, 0) is 6.54 Å². The van der Waals surface area contributed by atoms with E-state index in [2.05, 4.69) is 75.7 Å². The number of fused-ring (bicyclic) bond motifs is 1. The first kappa shape index (κ1) is 22.5. The van der Waals surface area contributed by atoms with E-state index in [1.54, 1.807) is 6.20 Å². The standard InChI is InChI=1S/C28H31ClN6/c1-17-3-6-23-24(13-31-26(23)9-17)27-25(29)14-32-28(34-27)33-22-11-19(10-21(12-22)20-4-5-20)16-35-8-7-30-18(2)15-35/h3,6,9-14,18,20,30-31H,4-5,7-8,15-16H2,1-2H3,(H,32,33,34). The number of halogens is 1. The van der Waals surface area contributed by atoms with Crippen LogP contribution in [0, 0.1) is 6.92 Å². The SMILES string of the molecule is Cc1ccc2c(-c3nc(Nc4cc(CN5CCNC(C)C5)cc(C5CC5)c4)ncc3Cl)c[nH]c2c1. The van der Waals surface area contributed by atoms with Gasteiger partial charge in [0.05, 0.1) is 16.9 Å². The molecule has 0 spiro atoms. The summed E-state index contributed by atoms with van der Waals surface area (Å²) in [4.78, 5) is 15.2. The molecule has 6 rings (SSSR count). The van der Waals surface area contributed by atoms with Gasteiger partial charge in [0, 0.05) is 60.6 Å². The zero-order valence-corrected chi connectivity index (χ0v) is 21.0. The Morgan fingerprint density at radius 1 is 1.17 bits per heavy atom. The van der Waals surface area contributed by atoms with Crippen molar-refractivity contribution in [2.45, 2.75) is 45.2 Å². The molecule has 0 bridgehead atoms. The van der Waals surface area contributed by atoms with E-state index in [-0.39, 0.29) is 0 Å². The van der Waals surface area contributed by atoms with Crippen LogP contribution in [0.1, 0.15) is 42.4 Å². The highest BCUT2D eigenvalue weighted by molar-refractivity contribution is 6.33. The molecule has 3 N–H and O–H groups in total. The summed E-state index contributed by atoms with van der Waals surface area (Å²) < 4.78 is 0. The monoisotopic (exact) mass is 486 g/mol. The van der Waals surface area contributed by atoms with E-state index in [0.29, 0.717) is 22.9 Å². The Labute approximate surface area is 211 Å². The zero-order chi connectivity index (χ0) is 23.9. The molecule has 35 heavy (non-hydrogen) atoms. The number of rotatable bonds is 6. The normalized spacial score (nSPS) is 18.8. The molecular formula is C28H31ClN6. The number of anilines is 2. The van der Waals surface area contributed by atoms with Gasteiger partial charge in [-0.25, -0.2) is 9.97 Å². The molecule has 6 nitrogen and oxygen atoms in total. The fraction of sp³-hybridized carbons (Fsp3) is 0.357. The average molecular weight is 487 g/mol. The van der Waals surface area contributed by atoms with Gasteiger partial charge in [0.25, 0.3) is 0 Å². The summed E-state index contributed by atoms with van der Waals surface area (Å²) in [5.74, 6) is 1.23. The lowest BCUT2D eigenvalue weighted by Crippen LogP contribution is -2.48. The molecule has 2 aromatic heterocycles. The molecule has 7 heteroatoms. The van der Waals surface area contributed by atoms with Crippen LogP contribution < -0.4 is 10.6 Å². The predicted molar refractivity (Wildman–Crippen MR) is 144 cm³/mol. The number of benzene rings is 2. The first-order valence-electron chi connectivity index (χ1n) is 12.5. The number of aromatic amines is 1. The first-order valence-corrected chi connectivity index (χ1v) is 12.9. The van der Waals surface area contributed by atoms with Gasteiger partial charge in [0.15, 0.2) is 0 Å². The maximum absolute atomic E-state index is 6.57. The van der Waals surface area contributed by atoms with Crippen molar-refractivity contribution in [3.8, 4) is 11.3 Å². The summed E-state index contributed by atoms with van der Waals surface area (Å²) in [5, 5.41) is 8.65. The van der Waals surface area contributed by atoms with Crippen LogP contribution in [0.4, 0.5) is 11.6 Å². The fourth-order valence-corrected chi connectivity index (χ4v) is 5.32. The molecule has 2 fully saturated rings.